The van der Waals surface area contributed by atoms with Crippen molar-refractivity contribution in [3.63, 3.8) is 0 Å². The number of hydrogen-bond acceptors (Lipinski definition) is 3. The number of aliphatic carboxylic acids is 1. The van der Waals surface area contributed by atoms with Gasteiger partial charge in [0.05, 0.1) is 0 Å². The molecule has 1 rings (SSSR count). The first-order chi connectivity index (χ1) is 9.70. The van der Waals surface area contributed by atoms with Crippen molar-refractivity contribution in [1.82, 2.24) is 4.90 Å². The standard InChI is InChI=1S/C13H16BrN3O4/c1-7-3-9(14)4-8(2)12(7)16-13(21)17(5-10(15)18)6-11(19)20/h3-4H,5-6H2,1-2H3,(H2,15,18)(H,16,21)(H,19,20). The predicted octanol–water partition coefficient (Wildman–Crippen LogP) is 1.47. The summed E-state index contributed by atoms with van der Waals surface area (Å²) in [5, 5.41) is 11.4. The molecule has 1 aromatic carbocycles. The van der Waals surface area contributed by atoms with Crippen LogP contribution in [0.5, 0.6) is 0 Å². The van der Waals surface area contributed by atoms with E-state index in [-0.39, 0.29) is 0 Å². The maximum atomic E-state index is 12.1. The minimum Gasteiger partial charge on any atom is -0.480 e. The molecule has 0 unspecified atom stereocenters. The van der Waals surface area contributed by atoms with E-state index in [2.05, 4.69) is 21.2 Å². The fourth-order valence-electron chi connectivity index (χ4n) is 1.84. The average Bonchev–Trinajstić information content (AvgIpc) is 2.31. The lowest BCUT2D eigenvalue weighted by Crippen LogP contribution is -2.43. The highest BCUT2D eigenvalue weighted by atomic mass is 79.9. The molecule has 0 radical (unpaired) electrons. The van der Waals surface area contributed by atoms with Crippen molar-refractivity contribution in [2.24, 2.45) is 5.73 Å². The van der Waals surface area contributed by atoms with Gasteiger partial charge in [-0.25, -0.2) is 4.79 Å². The van der Waals surface area contributed by atoms with Gasteiger partial charge >= 0.3 is 12.0 Å². The van der Waals surface area contributed by atoms with Crippen LogP contribution in [-0.2, 0) is 9.59 Å². The molecule has 0 atom stereocenters. The monoisotopic (exact) mass is 357 g/mol. The van der Waals surface area contributed by atoms with Gasteiger partial charge in [0.25, 0.3) is 0 Å². The first kappa shape index (κ1) is 17.0. The fraction of sp³-hybridized carbons (Fsp3) is 0.308. The highest BCUT2D eigenvalue weighted by Crippen LogP contribution is 2.25. The number of nitrogens with one attached hydrogen (secondary N) is 1. The van der Waals surface area contributed by atoms with Gasteiger partial charge in [-0.15, -0.1) is 0 Å². The molecule has 0 aromatic heterocycles. The van der Waals surface area contributed by atoms with E-state index in [1.807, 2.05) is 26.0 Å². The summed E-state index contributed by atoms with van der Waals surface area (Å²) in [7, 11) is 0. The third-order valence-electron chi connectivity index (χ3n) is 2.69. The number of primary amides is 1. The SMILES string of the molecule is Cc1cc(Br)cc(C)c1NC(=O)N(CC(N)=O)CC(=O)O. The highest BCUT2D eigenvalue weighted by Gasteiger charge is 2.20. The molecular formula is C13H16BrN3O4. The Morgan fingerprint density at radius 3 is 2.19 bits per heavy atom. The quantitative estimate of drug-likeness (QED) is 0.740. The summed E-state index contributed by atoms with van der Waals surface area (Å²) >= 11 is 3.35. The van der Waals surface area contributed by atoms with Crippen molar-refractivity contribution in [1.29, 1.82) is 0 Å². The summed E-state index contributed by atoms with van der Waals surface area (Å²) in [6, 6.07) is 2.95. The molecule has 0 fully saturated rings. The maximum Gasteiger partial charge on any atom is 0.323 e. The van der Waals surface area contributed by atoms with Crippen molar-refractivity contribution in [2.75, 3.05) is 18.4 Å². The molecule has 0 spiro atoms. The second-order valence-corrected chi connectivity index (χ2v) is 5.48. The molecule has 0 bridgehead atoms. The van der Waals surface area contributed by atoms with E-state index in [0.29, 0.717) is 5.69 Å². The summed E-state index contributed by atoms with van der Waals surface area (Å²) in [6.07, 6.45) is 0. The van der Waals surface area contributed by atoms with Gasteiger partial charge in [-0.1, -0.05) is 15.9 Å². The van der Waals surface area contributed by atoms with Crippen LogP contribution in [0.2, 0.25) is 0 Å². The lowest BCUT2D eigenvalue weighted by Gasteiger charge is -2.21. The largest absolute Gasteiger partial charge is 0.480 e. The summed E-state index contributed by atoms with van der Waals surface area (Å²) < 4.78 is 0.870. The third-order valence-corrected chi connectivity index (χ3v) is 3.15. The number of carboxylic acids is 1. The summed E-state index contributed by atoms with van der Waals surface area (Å²) in [4.78, 5) is 34.6. The Labute approximate surface area is 130 Å². The van der Waals surface area contributed by atoms with Crippen molar-refractivity contribution >= 4 is 39.5 Å². The Morgan fingerprint density at radius 1 is 1.24 bits per heavy atom. The average molecular weight is 358 g/mol. The number of hydrogen-bond donors (Lipinski definition) is 3. The number of amides is 3. The van der Waals surface area contributed by atoms with Crippen molar-refractivity contribution < 1.29 is 19.5 Å². The van der Waals surface area contributed by atoms with E-state index in [9.17, 15) is 14.4 Å². The molecule has 1 aromatic rings. The van der Waals surface area contributed by atoms with Crippen LogP contribution >= 0.6 is 15.9 Å². The number of urea groups is 1. The molecule has 0 saturated carbocycles. The van der Waals surface area contributed by atoms with Crippen LogP contribution < -0.4 is 11.1 Å². The minimum atomic E-state index is -1.23. The van der Waals surface area contributed by atoms with Gasteiger partial charge in [0.15, 0.2) is 0 Å². The Hall–Kier alpha value is -2.09. The lowest BCUT2D eigenvalue weighted by molar-refractivity contribution is -0.137. The van der Waals surface area contributed by atoms with Crippen LogP contribution in [0.1, 0.15) is 11.1 Å². The molecule has 114 valence electrons. The molecular weight excluding hydrogens is 342 g/mol. The smallest absolute Gasteiger partial charge is 0.323 e. The fourth-order valence-corrected chi connectivity index (χ4v) is 2.53. The Kier molecular flexibility index (Phi) is 5.71. The summed E-state index contributed by atoms with van der Waals surface area (Å²) in [6.45, 7) is 2.54. The molecule has 0 aliphatic carbocycles. The zero-order chi connectivity index (χ0) is 16.2. The third kappa shape index (κ3) is 5.07. The van der Waals surface area contributed by atoms with Gasteiger partial charge in [0, 0.05) is 10.2 Å². The Bertz CT molecular complexity index is 550. The summed E-state index contributed by atoms with van der Waals surface area (Å²) in [5.41, 5.74) is 7.21. The van der Waals surface area contributed by atoms with Gasteiger partial charge < -0.3 is 21.1 Å². The second kappa shape index (κ2) is 7.07. The van der Waals surface area contributed by atoms with Crippen molar-refractivity contribution in [3.05, 3.63) is 27.7 Å². The van der Waals surface area contributed by atoms with Crippen molar-refractivity contribution in [3.8, 4) is 0 Å². The number of rotatable bonds is 5. The van der Waals surface area contributed by atoms with Gasteiger partial charge in [-0.05, 0) is 37.1 Å². The number of carboxylic acid groups (broad SMARTS) is 1. The number of nitrogens with zero attached hydrogens (tertiary/aromatic N) is 1. The van der Waals surface area contributed by atoms with Gasteiger partial charge in [-0.2, -0.15) is 0 Å². The highest BCUT2D eigenvalue weighted by molar-refractivity contribution is 9.10. The normalized spacial score (nSPS) is 10.0. The van der Waals surface area contributed by atoms with Gasteiger partial charge in [0.1, 0.15) is 13.1 Å². The number of carbonyl (C=O) groups is 3. The maximum absolute atomic E-state index is 12.1. The molecule has 0 aliphatic heterocycles. The van der Waals surface area contributed by atoms with Crippen LogP contribution in [0.15, 0.2) is 16.6 Å². The van der Waals surface area contributed by atoms with Crippen LogP contribution in [0.3, 0.4) is 0 Å². The number of halogens is 1. The lowest BCUT2D eigenvalue weighted by atomic mass is 10.1. The first-order valence-electron chi connectivity index (χ1n) is 6.03. The van der Waals surface area contributed by atoms with E-state index in [1.165, 1.54) is 0 Å². The zero-order valence-corrected chi connectivity index (χ0v) is 13.2. The molecule has 0 saturated heterocycles. The Morgan fingerprint density at radius 2 is 1.76 bits per heavy atom. The number of aryl methyl sites for hydroxylation is 2. The van der Waals surface area contributed by atoms with Crippen LogP contribution in [-0.4, -0.2) is 41.0 Å². The Balaban J connectivity index is 2.96. The molecule has 21 heavy (non-hydrogen) atoms. The number of carbonyl (C=O) groups excluding carboxylic acids is 2. The molecule has 0 heterocycles. The molecule has 8 heteroatoms. The molecule has 7 nitrogen and oxygen atoms in total. The number of benzene rings is 1. The molecule has 4 N–H and O–H groups in total. The number of nitrogens with two attached hydrogens (primary N) is 1. The summed E-state index contributed by atoms with van der Waals surface area (Å²) in [5.74, 6) is -2.01. The molecule has 0 aliphatic rings. The van der Waals surface area contributed by atoms with Gasteiger partial charge in [-0.3, -0.25) is 9.59 Å². The van der Waals surface area contributed by atoms with E-state index in [1.54, 1.807) is 0 Å². The number of anilines is 1. The van der Waals surface area contributed by atoms with Crippen LogP contribution in [0.25, 0.3) is 0 Å². The first-order valence-corrected chi connectivity index (χ1v) is 6.82. The molecule has 3 amide bonds. The second-order valence-electron chi connectivity index (χ2n) is 4.56. The van der Waals surface area contributed by atoms with Crippen LogP contribution in [0, 0.1) is 13.8 Å². The van der Waals surface area contributed by atoms with E-state index in [0.717, 1.165) is 20.5 Å². The van der Waals surface area contributed by atoms with E-state index >= 15 is 0 Å². The topological polar surface area (TPSA) is 113 Å². The van der Waals surface area contributed by atoms with Crippen molar-refractivity contribution in [2.45, 2.75) is 13.8 Å². The van der Waals surface area contributed by atoms with Gasteiger partial charge in [0.2, 0.25) is 5.91 Å². The zero-order valence-electron chi connectivity index (χ0n) is 11.6. The van der Waals surface area contributed by atoms with E-state index in [4.69, 9.17) is 10.8 Å². The predicted molar refractivity (Wildman–Crippen MR) is 81.0 cm³/mol. The van der Waals surface area contributed by atoms with E-state index < -0.39 is 31.0 Å². The minimum absolute atomic E-state index is 0.466. The van der Waals surface area contributed by atoms with Crippen LogP contribution in [0.4, 0.5) is 10.5 Å².